The molecule has 0 aromatic carbocycles. The van der Waals surface area contributed by atoms with Gasteiger partial charge < -0.3 is 20.5 Å². The molecule has 0 aliphatic heterocycles. The van der Waals surface area contributed by atoms with Crippen molar-refractivity contribution in [2.45, 2.75) is 63.1 Å². The Morgan fingerprint density at radius 1 is 1.00 bits per heavy atom. The molecule has 0 aromatic rings. The maximum absolute atomic E-state index is 12.0. The van der Waals surface area contributed by atoms with Crippen molar-refractivity contribution in [3.05, 3.63) is 0 Å². The van der Waals surface area contributed by atoms with Crippen LogP contribution in [-0.2, 0) is 9.53 Å². The van der Waals surface area contributed by atoms with Gasteiger partial charge in [0.05, 0.1) is 18.1 Å². The molecule has 2 amide bonds. The summed E-state index contributed by atoms with van der Waals surface area (Å²) in [5.74, 6) is -1.28. The van der Waals surface area contributed by atoms with Crippen molar-refractivity contribution >= 4 is 12.0 Å². The number of hydrogen-bond donors (Lipinski definition) is 3. The van der Waals surface area contributed by atoms with E-state index in [0.717, 1.165) is 38.5 Å². The Hall–Kier alpha value is -1.30. The molecule has 114 valence electrons. The minimum Gasteiger partial charge on any atom is -0.481 e. The summed E-state index contributed by atoms with van der Waals surface area (Å²) < 4.78 is 5.34. The average Bonchev–Trinajstić information content (AvgIpc) is 2.86. The van der Waals surface area contributed by atoms with E-state index in [9.17, 15) is 14.7 Å². The number of rotatable bonds is 4. The molecule has 6 heteroatoms. The fourth-order valence-corrected chi connectivity index (χ4v) is 3.35. The predicted molar refractivity (Wildman–Crippen MR) is 73.5 cm³/mol. The molecule has 3 N–H and O–H groups in total. The average molecular weight is 284 g/mol. The lowest BCUT2D eigenvalue weighted by Gasteiger charge is -2.30. The predicted octanol–water partition coefficient (Wildman–Crippen LogP) is 1.50. The third kappa shape index (κ3) is 3.62. The summed E-state index contributed by atoms with van der Waals surface area (Å²) in [5, 5.41) is 14.9. The molecule has 0 spiro atoms. The van der Waals surface area contributed by atoms with Gasteiger partial charge in [-0.15, -0.1) is 0 Å². The standard InChI is InChI=1S/C14H24N2O4/c1-20-12-8-4-7-11(12)16-14(19)15-10-6-3-2-5-9(10)13(17)18/h9-12H,2-8H2,1H3,(H,17,18)(H2,15,16,19). The lowest BCUT2D eigenvalue weighted by molar-refractivity contribution is -0.143. The van der Waals surface area contributed by atoms with Gasteiger partial charge in [-0.05, 0) is 32.1 Å². The SMILES string of the molecule is COC1CCCC1NC(=O)NC1CCCCC1C(=O)O. The molecule has 0 heterocycles. The number of aliphatic carboxylic acids is 1. The van der Waals surface area contributed by atoms with Gasteiger partial charge in [-0.1, -0.05) is 12.8 Å². The first-order valence-electron chi connectivity index (χ1n) is 7.44. The van der Waals surface area contributed by atoms with Gasteiger partial charge in [-0.3, -0.25) is 4.79 Å². The summed E-state index contributed by atoms with van der Waals surface area (Å²) in [6.45, 7) is 0. The summed E-state index contributed by atoms with van der Waals surface area (Å²) in [5.41, 5.74) is 0. The first-order valence-corrected chi connectivity index (χ1v) is 7.44. The van der Waals surface area contributed by atoms with Crippen molar-refractivity contribution in [2.75, 3.05) is 7.11 Å². The van der Waals surface area contributed by atoms with Gasteiger partial charge in [-0.25, -0.2) is 4.79 Å². The third-order valence-corrected chi connectivity index (χ3v) is 4.47. The zero-order valence-electron chi connectivity index (χ0n) is 11.9. The van der Waals surface area contributed by atoms with Crippen molar-refractivity contribution in [1.29, 1.82) is 0 Å². The van der Waals surface area contributed by atoms with E-state index < -0.39 is 11.9 Å². The number of methoxy groups -OCH3 is 1. The highest BCUT2D eigenvalue weighted by Crippen LogP contribution is 2.25. The molecule has 6 nitrogen and oxygen atoms in total. The first-order chi connectivity index (χ1) is 9.61. The van der Waals surface area contributed by atoms with Crippen LogP contribution < -0.4 is 10.6 Å². The van der Waals surface area contributed by atoms with Gasteiger partial charge in [0.1, 0.15) is 0 Å². The molecule has 2 aliphatic rings. The molecular weight excluding hydrogens is 260 g/mol. The van der Waals surface area contributed by atoms with Crippen LogP contribution in [0.4, 0.5) is 4.79 Å². The molecule has 20 heavy (non-hydrogen) atoms. The molecular formula is C14H24N2O4. The van der Waals surface area contributed by atoms with Crippen molar-refractivity contribution in [3.8, 4) is 0 Å². The number of carboxylic acids is 1. The zero-order valence-corrected chi connectivity index (χ0v) is 11.9. The first kappa shape index (κ1) is 15.1. The van der Waals surface area contributed by atoms with Gasteiger partial charge in [0.25, 0.3) is 0 Å². The van der Waals surface area contributed by atoms with Crippen LogP contribution in [0.3, 0.4) is 0 Å². The summed E-state index contributed by atoms with van der Waals surface area (Å²) in [4.78, 5) is 23.2. The van der Waals surface area contributed by atoms with Gasteiger partial charge in [0.15, 0.2) is 0 Å². The van der Waals surface area contributed by atoms with E-state index in [2.05, 4.69) is 10.6 Å². The Bertz CT molecular complexity index is 361. The maximum Gasteiger partial charge on any atom is 0.315 e. The Morgan fingerprint density at radius 3 is 2.35 bits per heavy atom. The molecule has 4 atom stereocenters. The quantitative estimate of drug-likeness (QED) is 0.730. The Labute approximate surface area is 119 Å². The fraction of sp³-hybridized carbons (Fsp3) is 0.857. The van der Waals surface area contributed by atoms with E-state index >= 15 is 0 Å². The number of hydrogen-bond acceptors (Lipinski definition) is 3. The second kappa shape index (κ2) is 6.92. The van der Waals surface area contributed by atoms with Crippen LogP contribution in [0.15, 0.2) is 0 Å². The van der Waals surface area contributed by atoms with Crippen LogP contribution in [-0.4, -0.2) is 42.4 Å². The smallest absolute Gasteiger partial charge is 0.315 e. The van der Waals surface area contributed by atoms with Gasteiger partial charge in [0, 0.05) is 13.2 Å². The lowest BCUT2D eigenvalue weighted by Crippen LogP contribution is -2.52. The normalized spacial score (nSPS) is 33.6. The van der Waals surface area contributed by atoms with Crippen LogP contribution in [0.5, 0.6) is 0 Å². The highest BCUT2D eigenvalue weighted by atomic mass is 16.5. The molecule has 0 radical (unpaired) electrons. The van der Waals surface area contributed by atoms with Crippen molar-refractivity contribution in [1.82, 2.24) is 10.6 Å². The molecule has 2 rings (SSSR count). The second-order valence-corrected chi connectivity index (χ2v) is 5.77. The van der Waals surface area contributed by atoms with E-state index in [4.69, 9.17) is 4.74 Å². The van der Waals surface area contributed by atoms with Crippen molar-refractivity contribution < 1.29 is 19.4 Å². The molecule has 2 aliphatic carbocycles. The number of ether oxygens (including phenoxy) is 1. The maximum atomic E-state index is 12.0. The summed E-state index contributed by atoms with van der Waals surface area (Å²) in [7, 11) is 1.66. The highest BCUT2D eigenvalue weighted by molar-refractivity contribution is 5.77. The van der Waals surface area contributed by atoms with Crippen molar-refractivity contribution in [2.24, 2.45) is 5.92 Å². The van der Waals surface area contributed by atoms with E-state index in [-0.39, 0.29) is 24.2 Å². The number of nitrogens with one attached hydrogen (secondary N) is 2. The van der Waals surface area contributed by atoms with Gasteiger partial charge in [-0.2, -0.15) is 0 Å². The molecule has 2 fully saturated rings. The summed E-state index contributed by atoms with van der Waals surface area (Å²) in [6, 6.07) is -0.493. The van der Waals surface area contributed by atoms with Gasteiger partial charge in [0.2, 0.25) is 0 Å². The van der Waals surface area contributed by atoms with E-state index in [1.165, 1.54) is 0 Å². The Morgan fingerprint density at radius 2 is 1.65 bits per heavy atom. The van der Waals surface area contributed by atoms with E-state index in [0.29, 0.717) is 6.42 Å². The lowest BCUT2D eigenvalue weighted by atomic mass is 9.84. The Balaban J connectivity index is 1.85. The molecule has 0 aromatic heterocycles. The van der Waals surface area contributed by atoms with Gasteiger partial charge >= 0.3 is 12.0 Å². The van der Waals surface area contributed by atoms with Crippen LogP contribution in [0.1, 0.15) is 44.9 Å². The second-order valence-electron chi connectivity index (χ2n) is 5.77. The van der Waals surface area contributed by atoms with E-state index in [1.807, 2.05) is 0 Å². The minimum atomic E-state index is -0.814. The number of carbonyl (C=O) groups is 2. The van der Waals surface area contributed by atoms with E-state index in [1.54, 1.807) is 7.11 Å². The molecule has 0 bridgehead atoms. The van der Waals surface area contributed by atoms with Crippen molar-refractivity contribution in [3.63, 3.8) is 0 Å². The monoisotopic (exact) mass is 284 g/mol. The number of carboxylic acid groups (broad SMARTS) is 1. The molecule has 2 saturated carbocycles. The van der Waals surface area contributed by atoms with Crippen LogP contribution in [0, 0.1) is 5.92 Å². The Kier molecular flexibility index (Phi) is 5.23. The van der Waals surface area contributed by atoms with Crippen LogP contribution in [0.25, 0.3) is 0 Å². The largest absolute Gasteiger partial charge is 0.481 e. The highest BCUT2D eigenvalue weighted by Gasteiger charge is 2.33. The van der Waals surface area contributed by atoms with Crippen LogP contribution >= 0.6 is 0 Å². The summed E-state index contributed by atoms with van der Waals surface area (Å²) in [6.07, 6.45) is 6.27. The summed E-state index contributed by atoms with van der Waals surface area (Å²) >= 11 is 0. The van der Waals surface area contributed by atoms with Crippen LogP contribution in [0.2, 0.25) is 0 Å². The number of amides is 2. The molecule has 4 unspecified atom stereocenters. The number of carbonyl (C=O) groups excluding carboxylic acids is 1. The topological polar surface area (TPSA) is 87.7 Å². The molecule has 0 saturated heterocycles. The fourth-order valence-electron chi connectivity index (χ4n) is 3.35. The number of urea groups is 1. The zero-order chi connectivity index (χ0) is 14.5. The minimum absolute atomic E-state index is 0.0341. The third-order valence-electron chi connectivity index (χ3n) is 4.47.